The number of hydrogen-bond donors (Lipinski definition) is 2. The molecule has 2 saturated heterocycles. The highest BCUT2D eigenvalue weighted by Gasteiger charge is 2.24. The van der Waals surface area contributed by atoms with E-state index < -0.39 is 6.04 Å². The minimum Gasteiger partial charge on any atom is -0.491 e. The van der Waals surface area contributed by atoms with Crippen LogP contribution in [-0.2, 0) is 9.53 Å². The van der Waals surface area contributed by atoms with Gasteiger partial charge in [-0.15, -0.1) is 0 Å². The van der Waals surface area contributed by atoms with Gasteiger partial charge < -0.3 is 20.1 Å². The van der Waals surface area contributed by atoms with E-state index in [2.05, 4.69) is 10.6 Å². The monoisotopic (exact) mass is 318 g/mol. The molecule has 1 aromatic rings. The second-order valence-corrected chi connectivity index (χ2v) is 5.93. The second kappa shape index (κ2) is 7.46. The predicted octanol–water partition coefficient (Wildman–Crippen LogP) is 1.25. The van der Waals surface area contributed by atoms with Crippen molar-refractivity contribution in [2.24, 2.45) is 0 Å². The predicted molar refractivity (Wildman–Crippen MR) is 84.4 cm³/mol. The minimum atomic E-state index is -0.438. The summed E-state index contributed by atoms with van der Waals surface area (Å²) in [4.78, 5) is 23.9. The standard InChI is InChI=1S/C17H22N2O4/c20-16(19-15-4-1-9-18-17(15)21)12-5-7-13(8-6-12)23-11-14-3-2-10-22-14/h5-8,14-15H,1-4,9-11H2,(H,18,21)(H,19,20)/t14-,15+/m1/s1. The molecule has 0 spiro atoms. The number of piperidine rings is 1. The van der Waals surface area contributed by atoms with Crippen molar-refractivity contribution in [1.29, 1.82) is 0 Å². The number of amides is 2. The highest BCUT2D eigenvalue weighted by Crippen LogP contribution is 2.17. The number of hydrogen-bond acceptors (Lipinski definition) is 4. The lowest BCUT2D eigenvalue weighted by atomic mass is 10.1. The molecule has 2 atom stereocenters. The molecule has 0 bridgehead atoms. The van der Waals surface area contributed by atoms with Crippen molar-refractivity contribution < 1.29 is 19.1 Å². The molecule has 2 aliphatic heterocycles. The van der Waals surface area contributed by atoms with Crippen LogP contribution in [0.15, 0.2) is 24.3 Å². The Morgan fingerprint density at radius 3 is 2.78 bits per heavy atom. The fourth-order valence-corrected chi connectivity index (χ4v) is 2.82. The molecular formula is C17H22N2O4. The number of benzene rings is 1. The van der Waals surface area contributed by atoms with Crippen LogP contribution in [0.1, 0.15) is 36.0 Å². The van der Waals surface area contributed by atoms with E-state index in [0.717, 1.165) is 25.9 Å². The number of rotatable bonds is 5. The van der Waals surface area contributed by atoms with Gasteiger partial charge in [-0.05, 0) is 49.9 Å². The van der Waals surface area contributed by atoms with E-state index in [0.29, 0.717) is 30.9 Å². The molecule has 124 valence electrons. The van der Waals surface area contributed by atoms with Crippen molar-refractivity contribution in [1.82, 2.24) is 10.6 Å². The lowest BCUT2D eigenvalue weighted by Crippen LogP contribution is -2.50. The summed E-state index contributed by atoms with van der Waals surface area (Å²) in [7, 11) is 0. The first-order chi connectivity index (χ1) is 11.2. The van der Waals surface area contributed by atoms with Crippen LogP contribution < -0.4 is 15.4 Å². The third-order valence-electron chi connectivity index (χ3n) is 4.17. The third-order valence-corrected chi connectivity index (χ3v) is 4.17. The van der Waals surface area contributed by atoms with Crippen LogP contribution in [0.3, 0.4) is 0 Å². The summed E-state index contributed by atoms with van der Waals surface area (Å²) in [6, 6.07) is 6.52. The average molecular weight is 318 g/mol. The van der Waals surface area contributed by atoms with E-state index in [4.69, 9.17) is 9.47 Å². The molecule has 0 saturated carbocycles. The fraction of sp³-hybridized carbons (Fsp3) is 0.529. The largest absolute Gasteiger partial charge is 0.491 e. The molecular weight excluding hydrogens is 296 g/mol. The summed E-state index contributed by atoms with van der Waals surface area (Å²) in [6.07, 6.45) is 3.85. The van der Waals surface area contributed by atoms with Gasteiger partial charge in [0.1, 0.15) is 18.4 Å². The zero-order valence-electron chi connectivity index (χ0n) is 13.0. The van der Waals surface area contributed by atoms with Crippen LogP contribution >= 0.6 is 0 Å². The Labute approximate surface area is 135 Å². The summed E-state index contributed by atoms with van der Waals surface area (Å²) in [5.74, 6) is 0.367. The van der Waals surface area contributed by atoms with Gasteiger partial charge in [0.15, 0.2) is 0 Å². The maximum absolute atomic E-state index is 12.2. The summed E-state index contributed by atoms with van der Waals surface area (Å²) in [6.45, 7) is 2.03. The van der Waals surface area contributed by atoms with E-state index in [1.165, 1.54) is 0 Å². The molecule has 2 amide bonds. The molecule has 0 aliphatic carbocycles. The maximum Gasteiger partial charge on any atom is 0.251 e. The van der Waals surface area contributed by atoms with Gasteiger partial charge in [0, 0.05) is 18.7 Å². The Hall–Kier alpha value is -2.08. The molecule has 3 rings (SSSR count). The van der Waals surface area contributed by atoms with Crippen LogP contribution in [0, 0.1) is 0 Å². The summed E-state index contributed by atoms with van der Waals surface area (Å²) in [5.41, 5.74) is 0.521. The molecule has 23 heavy (non-hydrogen) atoms. The minimum absolute atomic E-state index is 0.110. The van der Waals surface area contributed by atoms with Crippen LogP contribution in [0.4, 0.5) is 0 Å². The molecule has 0 radical (unpaired) electrons. The molecule has 0 unspecified atom stereocenters. The van der Waals surface area contributed by atoms with Gasteiger partial charge in [0.2, 0.25) is 5.91 Å². The first-order valence-electron chi connectivity index (χ1n) is 8.15. The van der Waals surface area contributed by atoms with Gasteiger partial charge in [-0.25, -0.2) is 0 Å². The Kier molecular flexibility index (Phi) is 5.12. The molecule has 2 fully saturated rings. The van der Waals surface area contributed by atoms with Gasteiger partial charge in [-0.2, -0.15) is 0 Å². The zero-order chi connectivity index (χ0) is 16.1. The summed E-state index contributed by atoms with van der Waals surface area (Å²) in [5, 5.41) is 5.53. The van der Waals surface area contributed by atoms with E-state index in [1.807, 2.05) is 0 Å². The SMILES string of the molecule is O=C(N[C@H]1CCCNC1=O)c1ccc(OC[C@H]2CCCO2)cc1. The van der Waals surface area contributed by atoms with Crippen LogP contribution in [0.2, 0.25) is 0 Å². The third kappa shape index (κ3) is 4.22. The van der Waals surface area contributed by atoms with Gasteiger partial charge >= 0.3 is 0 Å². The van der Waals surface area contributed by atoms with Crippen molar-refractivity contribution in [2.75, 3.05) is 19.8 Å². The summed E-state index contributed by atoms with van der Waals surface area (Å²) >= 11 is 0. The van der Waals surface area contributed by atoms with Crippen molar-refractivity contribution in [3.63, 3.8) is 0 Å². The lowest BCUT2D eigenvalue weighted by molar-refractivity contribution is -0.124. The molecule has 2 heterocycles. The highest BCUT2D eigenvalue weighted by molar-refractivity contribution is 5.97. The lowest BCUT2D eigenvalue weighted by Gasteiger charge is -2.22. The topological polar surface area (TPSA) is 76.7 Å². The average Bonchev–Trinajstić information content (AvgIpc) is 3.09. The van der Waals surface area contributed by atoms with Crippen molar-refractivity contribution in [3.05, 3.63) is 29.8 Å². The van der Waals surface area contributed by atoms with Gasteiger partial charge in [-0.1, -0.05) is 0 Å². The van der Waals surface area contributed by atoms with Crippen LogP contribution in [0.25, 0.3) is 0 Å². The normalized spacial score (nSPS) is 24.1. The van der Waals surface area contributed by atoms with Gasteiger partial charge in [-0.3, -0.25) is 9.59 Å². The first-order valence-corrected chi connectivity index (χ1v) is 8.15. The zero-order valence-corrected chi connectivity index (χ0v) is 13.0. The van der Waals surface area contributed by atoms with Crippen molar-refractivity contribution in [3.8, 4) is 5.75 Å². The van der Waals surface area contributed by atoms with Gasteiger partial charge in [0.05, 0.1) is 6.10 Å². The molecule has 6 nitrogen and oxygen atoms in total. The quantitative estimate of drug-likeness (QED) is 0.857. The second-order valence-electron chi connectivity index (χ2n) is 5.93. The molecule has 0 aromatic heterocycles. The fourth-order valence-electron chi connectivity index (χ4n) is 2.82. The first kappa shape index (κ1) is 15.8. The van der Waals surface area contributed by atoms with Crippen LogP contribution in [0.5, 0.6) is 5.75 Å². The smallest absolute Gasteiger partial charge is 0.251 e. The molecule has 2 N–H and O–H groups in total. The number of nitrogens with one attached hydrogen (secondary N) is 2. The highest BCUT2D eigenvalue weighted by atomic mass is 16.5. The summed E-state index contributed by atoms with van der Waals surface area (Å²) < 4.78 is 11.2. The number of ether oxygens (including phenoxy) is 2. The van der Waals surface area contributed by atoms with E-state index in [9.17, 15) is 9.59 Å². The van der Waals surface area contributed by atoms with Gasteiger partial charge in [0.25, 0.3) is 5.91 Å². The number of carbonyl (C=O) groups is 2. The van der Waals surface area contributed by atoms with Crippen molar-refractivity contribution >= 4 is 11.8 Å². The molecule has 6 heteroatoms. The molecule has 1 aromatic carbocycles. The Morgan fingerprint density at radius 1 is 1.26 bits per heavy atom. The Morgan fingerprint density at radius 2 is 2.09 bits per heavy atom. The molecule has 2 aliphatic rings. The van der Waals surface area contributed by atoms with E-state index in [1.54, 1.807) is 24.3 Å². The van der Waals surface area contributed by atoms with Crippen LogP contribution in [-0.4, -0.2) is 43.7 Å². The Balaban J connectivity index is 1.51. The Bertz CT molecular complexity index is 552. The van der Waals surface area contributed by atoms with E-state index >= 15 is 0 Å². The number of carbonyl (C=O) groups excluding carboxylic acids is 2. The maximum atomic E-state index is 12.2. The van der Waals surface area contributed by atoms with E-state index in [-0.39, 0.29) is 17.9 Å². The van der Waals surface area contributed by atoms with Crippen molar-refractivity contribution in [2.45, 2.75) is 37.8 Å².